The lowest BCUT2D eigenvalue weighted by molar-refractivity contribution is -0.171. The van der Waals surface area contributed by atoms with Crippen LogP contribution in [0.3, 0.4) is 0 Å². The van der Waals surface area contributed by atoms with Crippen molar-refractivity contribution in [1.29, 1.82) is 0 Å². The molecule has 2 saturated carbocycles. The lowest BCUT2D eigenvalue weighted by atomic mass is 9.46. The topological polar surface area (TPSA) is 83.0 Å². The molecule has 2 aliphatic heterocycles. The molecule has 27 heavy (non-hydrogen) atoms. The molecule has 0 aromatic carbocycles. The molecule has 154 valence electrons. The third kappa shape index (κ3) is 3.85. The summed E-state index contributed by atoms with van der Waals surface area (Å²) in [6, 6.07) is 0.901. The number of guanidine groups is 1. The van der Waals surface area contributed by atoms with Gasteiger partial charge in [0.15, 0.2) is 5.96 Å². The molecule has 4 rings (SSSR count). The molecule has 4 fully saturated rings. The molecule has 2 heterocycles. The maximum atomic E-state index is 11.3. The molecule has 4 aliphatic rings. The number of nitrogens with one attached hydrogen (secondary N) is 2. The van der Waals surface area contributed by atoms with E-state index < -0.39 is 9.84 Å². The van der Waals surface area contributed by atoms with Gasteiger partial charge in [-0.2, -0.15) is 0 Å². The van der Waals surface area contributed by atoms with Gasteiger partial charge in [0.1, 0.15) is 9.84 Å². The van der Waals surface area contributed by atoms with Crippen molar-refractivity contribution < 1.29 is 13.2 Å². The number of rotatable bonds is 5. The van der Waals surface area contributed by atoms with Crippen LogP contribution in [0.5, 0.6) is 0 Å². The Bertz CT molecular complexity index is 668. The van der Waals surface area contributed by atoms with Crippen molar-refractivity contribution in [2.75, 3.05) is 45.3 Å². The molecule has 3 unspecified atom stereocenters. The largest absolute Gasteiger partial charge is 0.377 e. The van der Waals surface area contributed by atoms with Gasteiger partial charge in [-0.15, -0.1) is 0 Å². The van der Waals surface area contributed by atoms with E-state index in [2.05, 4.69) is 20.5 Å². The molecule has 7 nitrogen and oxygen atoms in total. The van der Waals surface area contributed by atoms with E-state index in [1.54, 1.807) is 0 Å². The lowest BCUT2D eigenvalue weighted by Gasteiger charge is -2.63. The van der Waals surface area contributed by atoms with Crippen molar-refractivity contribution in [3.8, 4) is 0 Å². The molecule has 0 aromatic heterocycles. The number of hydrogen-bond donors (Lipinski definition) is 2. The van der Waals surface area contributed by atoms with Crippen LogP contribution >= 0.6 is 0 Å². The number of sulfone groups is 1. The van der Waals surface area contributed by atoms with Gasteiger partial charge < -0.3 is 20.3 Å². The maximum Gasteiger partial charge on any atom is 0.191 e. The molecule has 2 saturated heterocycles. The summed E-state index contributed by atoms with van der Waals surface area (Å²) in [5.41, 5.74) is 0.355. The molecule has 1 spiro atoms. The van der Waals surface area contributed by atoms with Gasteiger partial charge in [-0.05, 0) is 32.1 Å². The van der Waals surface area contributed by atoms with E-state index in [9.17, 15) is 8.42 Å². The summed E-state index contributed by atoms with van der Waals surface area (Å²) < 4.78 is 28.7. The van der Waals surface area contributed by atoms with Gasteiger partial charge in [0.2, 0.25) is 0 Å². The summed E-state index contributed by atoms with van der Waals surface area (Å²) in [5.74, 6) is 1.82. The van der Waals surface area contributed by atoms with Crippen LogP contribution in [0.2, 0.25) is 0 Å². The van der Waals surface area contributed by atoms with E-state index >= 15 is 0 Å². The van der Waals surface area contributed by atoms with Crippen molar-refractivity contribution in [2.45, 2.75) is 56.7 Å². The van der Waals surface area contributed by atoms with Crippen LogP contribution in [-0.4, -0.2) is 82.8 Å². The van der Waals surface area contributed by atoms with E-state index in [1.807, 2.05) is 7.05 Å². The number of aliphatic imine (C=N–C) groups is 1. The van der Waals surface area contributed by atoms with Gasteiger partial charge in [0, 0.05) is 63.0 Å². The normalized spacial score (nSPS) is 34.0. The van der Waals surface area contributed by atoms with Crippen LogP contribution in [0, 0.1) is 11.3 Å². The number of ether oxygens (including phenoxy) is 1. The van der Waals surface area contributed by atoms with Crippen LogP contribution in [0.15, 0.2) is 4.99 Å². The second-order valence-corrected chi connectivity index (χ2v) is 11.2. The maximum absolute atomic E-state index is 11.3. The Balaban J connectivity index is 1.26. The number of nitrogens with zero attached hydrogens (tertiary/aromatic N) is 2. The molecule has 0 bridgehead atoms. The van der Waals surface area contributed by atoms with Gasteiger partial charge in [-0.1, -0.05) is 6.42 Å². The highest BCUT2D eigenvalue weighted by atomic mass is 32.2. The SMILES string of the molecule is CN=C(NC1CCN(CCS(C)(=O)=O)CC1)NC1C2CCOC2C12CCC2. The van der Waals surface area contributed by atoms with Crippen molar-refractivity contribution in [3.63, 3.8) is 0 Å². The predicted molar refractivity (Wildman–Crippen MR) is 107 cm³/mol. The summed E-state index contributed by atoms with van der Waals surface area (Å²) in [6.07, 6.45) is 8.88. The molecule has 0 radical (unpaired) electrons. The molecule has 2 N–H and O–H groups in total. The molecular formula is C19H34N4O3S. The van der Waals surface area contributed by atoms with Gasteiger partial charge in [-0.25, -0.2) is 8.42 Å². The monoisotopic (exact) mass is 398 g/mol. The minimum absolute atomic E-state index is 0.253. The fraction of sp³-hybridized carbons (Fsp3) is 0.947. The first-order valence-electron chi connectivity index (χ1n) is 10.4. The Morgan fingerprint density at radius 2 is 1.96 bits per heavy atom. The summed E-state index contributed by atoms with van der Waals surface area (Å²) in [4.78, 5) is 6.75. The van der Waals surface area contributed by atoms with Crippen molar-refractivity contribution in [3.05, 3.63) is 0 Å². The lowest BCUT2D eigenvalue weighted by Crippen LogP contribution is -2.72. The van der Waals surface area contributed by atoms with Gasteiger partial charge >= 0.3 is 0 Å². The van der Waals surface area contributed by atoms with E-state index in [-0.39, 0.29) is 5.75 Å². The molecule has 3 atom stereocenters. The number of fused-ring (bicyclic) bond motifs is 2. The Morgan fingerprint density at radius 1 is 1.22 bits per heavy atom. The van der Waals surface area contributed by atoms with E-state index in [0.717, 1.165) is 38.5 Å². The first kappa shape index (κ1) is 19.5. The van der Waals surface area contributed by atoms with Gasteiger partial charge in [0.25, 0.3) is 0 Å². The third-order valence-electron chi connectivity index (χ3n) is 7.26. The number of piperidine rings is 1. The first-order chi connectivity index (χ1) is 12.9. The van der Waals surface area contributed by atoms with Crippen LogP contribution in [0.4, 0.5) is 0 Å². The van der Waals surface area contributed by atoms with Crippen molar-refractivity contribution in [1.82, 2.24) is 15.5 Å². The average Bonchev–Trinajstić information content (AvgIpc) is 3.01. The van der Waals surface area contributed by atoms with E-state index in [0.29, 0.717) is 36.1 Å². The summed E-state index contributed by atoms with van der Waals surface area (Å²) >= 11 is 0. The Morgan fingerprint density at radius 3 is 2.56 bits per heavy atom. The highest BCUT2D eigenvalue weighted by Crippen LogP contribution is 2.62. The fourth-order valence-corrected chi connectivity index (χ4v) is 6.15. The zero-order valence-electron chi connectivity index (χ0n) is 16.6. The van der Waals surface area contributed by atoms with Crippen LogP contribution < -0.4 is 10.6 Å². The zero-order valence-corrected chi connectivity index (χ0v) is 17.4. The van der Waals surface area contributed by atoms with E-state index in [4.69, 9.17) is 4.74 Å². The Kier molecular flexibility index (Phi) is 5.42. The molecule has 0 aromatic rings. The average molecular weight is 399 g/mol. The molecule has 2 aliphatic carbocycles. The van der Waals surface area contributed by atoms with E-state index in [1.165, 1.54) is 31.9 Å². The van der Waals surface area contributed by atoms with Crippen LogP contribution in [0.25, 0.3) is 0 Å². The minimum Gasteiger partial charge on any atom is -0.377 e. The van der Waals surface area contributed by atoms with Gasteiger partial charge in [-0.3, -0.25) is 4.99 Å². The van der Waals surface area contributed by atoms with Crippen LogP contribution in [-0.2, 0) is 14.6 Å². The second-order valence-electron chi connectivity index (χ2n) is 8.91. The quantitative estimate of drug-likeness (QED) is 0.522. The standard InChI is InChI=1S/C19H34N4O3S/c1-20-18(21-14-4-9-23(10-5-14)11-13-27(2,24)25)22-16-15-6-12-26-17(15)19(16)7-3-8-19/h14-17H,3-13H2,1-2H3,(H2,20,21,22). The first-order valence-corrected chi connectivity index (χ1v) is 12.5. The fourth-order valence-electron chi connectivity index (χ4n) is 5.56. The molecular weight excluding hydrogens is 364 g/mol. The summed E-state index contributed by atoms with van der Waals surface area (Å²) in [5, 5.41) is 7.35. The third-order valence-corrected chi connectivity index (χ3v) is 8.18. The zero-order chi connectivity index (χ0) is 19.1. The number of likely N-dealkylation sites (tertiary alicyclic amines) is 1. The van der Waals surface area contributed by atoms with Crippen molar-refractivity contribution >= 4 is 15.8 Å². The van der Waals surface area contributed by atoms with Crippen molar-refractivity contribution in [2.24, 2.45) is 16.3 Å². The summed E-state index contributed by atoms with van der Waals surface area (Å²) in [7, 11) is -1.03. The molecule has 0 amide bonds. The minimum atomic E-state index is -2.88. The second kappa shape index (κ2) is 7.52. The predicted octanol–water partition coefficient (Wildman–Crippen LogP) is 0.618. The highest BCUT2D eigenvalue weighted by molar-refractivity contribution is 7.90. The Labute approximate surface area is 163 Å². The van der Waals surface area contributed by atoms with Crippen LogP contribution in [0.1, 0.15) is 38.5 Å². The smallest absolute Gasteiger partial charge is 0.191 e. The number of hydrogen-bond acceptors (Lipinski definition) is 5. The molecule has 8 heteroatoms. The Hall–Kier alpha value is -0.860. The highest BCUT2D eigenvalue weighted by Gasteiger charge is 2.66. The van der Waals surface area contributed by atoms with Gasteiger partial charge in [0.05, 0.1) is 11.9 Å². The summed E-state index contributed by atoms with van der Waals surface area (Å²) in [6.45, 7) is 3.44.